The maximum Gasteiger partial charge on any atom is 0.150 e. The largest absolute Gasteiger partial charge is 0.378 e. The highest BCUT2D eigenvalue weighted by Gasteiger charge is 2.32. The van der Waals surface area contributed by atoms with Crippen molar-refractivity contribution >= 4 is 26.8 Å². The first-order valence-corrected chi connectivity index (χ1v) is 8.75. The molecule has 5 nitrogen and oxygen atoms in total. The van der Waals surface area contributed by atoms with Crippen molar-refractivity contribution in [3.8, 4) is 0 Å². The molecule has 1 aliphatic carbocycles. The Kier molecular flexibility index (Phi) is 3.92. The van der Waals surface area contributed by atoms with E-state index in [1.54, 1.807) is 7.11 Å². The molecule has 2 fully saturated rings. The Labute approximate surface area is 138 Å². The summed E-state index contributed by atoms with van der Waals surface area (Å²) in [6, 6.07) is 0. The topological polar surface area (TPSA) is 49.2 Å². The van der Waals surface area contributed by atoms with Gasteiger partial charge in [0, 0.05) is 25.0 Å². The van der Waals surface area contributed by atoms with E-state index in [2.05, 4.69) is 25.6 Å². The van der Waals surface area contributed by atoms with Crippen LogP contribution in [0.4, 0.5) is 0 Å². The lowest BCUT2D eigenvalue weighted by atomic mass is 10.1. The zero-order chi connectivity index (χ0) is 15.1. The quantitative estimate of drug-likeness (QED) is 0.823. The minimum Gasteiger partial charge on any atom is -0.378 e. The van der Waals surface area contributed by atoms with E-state index in [0.717, 1.165) is 35.1 Å². The fraction of sp³-hybridized carbons (Fsp3) is 0.625. The Hall–Kier alpha value is -0.980. The lowest BCUT2D eigenvalue weighted by Crippen LogP contribution is -2.19. The predicted octanol–water partition coefficient (Wildman–Crippen LogP) is 3.92. The summed E-state index contributed by atoms with van der Waals surface area (Å²) in [4.78, 5) is 4.56. The number of pyridine rings is 1. The molecule has 2 aromatic rings. The SMILES string of the molecule is COCc1ncc2c(c(C3CC3)nn2C2CCCCO2)c1Br. The summed E-state index contributed by atoms with van der Waals surface area (Å²) in [5.74, 6) is 0.585. The average molecular weight is 366 g/mol. The molecule has 0 amide bonds. The Morgan fingerprint density at radius 3 is 2.91 bits per heavy atom. The smallest absolute Gasteiger partial charge is 0.150 e. The summed E-state index contributed by atoms with van der Waals surface area (Å²) in [6.45, 7) is 1.33. The Bertz CT molecular complexity index is 690. The van der Waals surface area contributed by atoms with Crippen LogP contribution in [0, 0.1) is 0 Å². The van der Waals surface area contributed by atoms with Crippen molar-refractivity contribution in [2.75, 3.05) is 13.7 Å². The zero-order valence-corrected chi connectivity index (χ0v) is 14.3. The summed E-state index contributed by atoms with van der Waals surface area (Å²) >= 11 is 3.73. The van der Waals surface area contributed by atoms with Crippen LogP contribution in [-0.2, 0) is 16.1 Å². The number of halogens is 1. The van der Waals surface area contributed by atoms with Crippen LogP contribution in [0.2, 0.25) is 0 Å². The van der Waals surface area contributed by atoms with Crippen LogP contribution in [0.5, 0.6) is 0 Å². The van der Waals surface area contributed by atoms with Crippen molar-refractivity contribution in [2.24, 2.45) is 0 Å². The molecular weight excluding hydrogens is 346 g/mol. The van der Waals surface area contributed by atoms with E-state index in [1.165, 1.54) is 30.3 Å². The molecule has 6 heteroatoms. The predicted molar refractivity (Wildman–Crippen MR) is 86.8 cm³/mol. The monoisotopic (exact) mass is 365 g/mol. The molecule has 2 aromatic heterocycles. The zero-order valence-electron chi connectivity index (χ0n) is 12.7. The van der Waals surface area contributed by atoms with E-state index >= 15 is 0 Å². The number of aromatic nitrogens is 3. The average Bonchev–Trinajstić information content (AvgIpc) is 3.32. The van der Waals surface area contributed by atoms with Gasteiger partial charge in [-0.2, -0.15) is 5.10 Å². The van der Waals surface area contributed by atoms with E-state index < -0.39 is 0 Å². The summed E-state index contributed by atoms with van der Waals surface area (Å²) in [6.07, 6.45) is 7.79. The Balaban J connectivity index is 1.85. The van der Waals surface area contributed by atoms with Crippen LogP contribution in [0.15, 0.2) is 10.7 Å². The lowest BCUT2D eigenvalue weighted by molar-refractivity contribution is -0.0369. The highest BCUT2D eigenvalue weighted by atomic mass is 79.9. The third-order valence-electron chi connectivity index (χ3n) is 4.46. The fourth-order valence-electron chi connectivity index (χ4n) is 3.17. The van der Waals surface area contributed by atoms with Crippen LogP contribution >= 0.6 is 15.9 Å². The number of nitrogens with zero attached hydrogens (tertiary/aromatic N) is 3. The van der Waals surface area contributed by atoms with Crippen molar-refractivity contribution in [3.63, 3.8) is 0 Å². The van der Waals surface area contributed by atoms with E-state index in [1.807, 2.05) is 6.20 Å². The Morgan fingerprint density at radius 2 is 2.23 bits per heavy atom. The summed E-state index contributed by atoms with van der Waals surface area (Å²) in [7, 11) is 1.69. The van der Waals surface area contributed by atoms with Crippen LogP contribution in [0.1, 0.15) is 55.6 Å². The van der Waals surface area contributed by atoms with Gasteiger partial charge in [0.05, 0.1) is 34.2 Å². The van der Waals surface area contributed by atoms with Gasteiger partial charge in [-0.15, -0.1) is 0 Å². The van der Waals surface area contributed by atoms with Crippen molar-refractivity contribution in [1.29, 1.82) is 0 Å². The molecule has 0 radical (unpaired) electrons. The molecule has 2 aliphatic rings. The highest BCUT2D eigenvalue weighted by molar-refractivity contribution is 9.10. The molecular formula is C16H20BrN3O2. The van der Waals surface area contributed by atoms with Crippen LogP contribution < -0.4 is 0 Å². The third kappa shape index (κ3) is 2.47. The molecule has 3 heterocycles. The van der Waals surface area contributed by atoms with Crippen LogP contribution in [0.3, 0.4) is 0 Å². The van der Waals surface area contributed by atoms with Gasteiger partial charge in [-0.3, -0.25) is 4.98 Å². The van der Waals surface area contributed by atoms with Crippen molar-refractivity contribution < 1.29 is 9.47 Å². The van der Waals surface area contributed by atoms with Gasteiger partial charge in [0.15, 0.2) is 6.23 Å². The lowest BCUT2D eigenvalue weighted by Gasteiger charge is -2.23. The number of hydrogen-bond acceptors (Lipinski definition) is 4. The van der Waals surface area contributed by atoms with E-state index in [9.17, 15) is 0 Å². The van der Waals surface area contributed by atoms with Crippen molar-refractivity contribution in [2.45, 2.75) is 50.9 Å². The molecule has 0 spiro atoms. The van der Waals surface area contributed by atoms with E-state index in [-0.39, 0.29) is 6.23 Å². The van der Waals surface area contributed by atoms with Gasteiger partial charge in [0.25, 0.3) is 0 Å². The standard InChI is InChI=1S/C16H20BrN3O2/c1-21-9-11-15(17)14-12(8-18-11)20(13-4-2-3-7-22-13)19-16(14)10-5-6-10/h8,10,13H,2-7,9H2,1H3. The Morgan fingerprint density at radius 1 is 1.36 bits per heavy atom. The third-order valence-corrected chi connectivity index (χ3v) is 5.32. The van der Waals surface area contributed by atoms with E-state index in [4.69, 9.17) is 14.6 Å². The second kappa shape index (κ2) is 5.91. The number of ether oxygens (including phenoxy) is 2. The number of methoxy groups -OCH3 is 1. The summed E-state index contributed by atoms with van der Waals surface area (Å²) < 4.78 is 14.3. The van der Waals surface area contributed by atoms with Gasteiger partial charge in [0.2, 0.25) is 0 Å². The van der Waals surface area contributed by atoms with Gasteiger partial charge in [0.1, 0.15) is 0 Å². The molecule has 1 aliphatic heterocycles. The van der Waals surface area contributed by atoms with Gasteiger partial charge < -0.3 is 9.47 Å². The highest BCUT2D eigenvalue weighted by Crippen LogP contribution is 2.45. The molecule has 1 atom stereocenters. The normalized spacial score (nSPS) is 22.4. The van der Waals surface area contributed by atoms with Gasteiger partial charge in [-0.25, -0.2) is 4.68 Å². The molecule has 1 unspecified atom stereocenters. The molecule has 0 N–H and O–H groups in total. The molecule has 0 bridgehead atoms. The van der Waals surface area contributed by atoms with Crippen molar-refractivity contribution in [3.05, 3.63) is 22.1 Å². The molecule has 22 heavy (non-hydrogen) atoms. The maximum atomic E-state index is 5.94. The second-order valence-electron chi connectivity index (χ2n) is 6.14. The minimum absolute atomic E-state index is 0.0470. The number of rotatable bonds is 4. The first-order chi connectivity index (χ1) is 10.8. The van der Waals surface area contributed by atoms with Crippen LogP contribution in [-0.4, -0.2) is 28.5 Å². The molecule has 1 saturated carbocycles. The number of hydrogen-bond donors (Lipinski definition) is 0. The van der Waals surface area contributed by atoms with Gasteiger partial charge in [-0.05, 0) is 48.0 Å². The fourth-order valence-corrected chi connectivity index (χ4v) is 3.79. The molecule has 118 valence electrons. The first-order valence-electron chi connectivity index (χ1n) is 7.95. The second-order valence-corrected chi connectivity index (χ2v) is 6.93. The molecule has 1 saturated heterocycles. The number of fused-ring (bicyclic) bond motifs is 1. The molecule has 4 rings (SSSR count). The summed E-state index contributed by atoms with van der Waals surface area (Å²) in [5.41, 5.74) is 3.19. The first kappa shape index (κ1) is 14.6. The van der Waals surface area contributed by atoms with Crippen molar-refractivity contribution in [1.82, 2.24) is 14.8 Å². The minimum atomic E-state index is 0.0470. The molecule has 0 aromatic carbocycles. The van der Waals surface area contributed by atoms with E-state index in [0.29, 0.717) is 12.5 Å². The van der Waals surface area contributed by atoms with Crippen LogP contribution in [0.25, 0.3) is 10.9 Å². The van der Waals surface area contributed by atoms with Gasteiger partial charge in [-0.1, -0.05) is 0 Å². The van der Waals surface area contributed by atoms with Gasteiger partial charge >= 0.3 is 0 Å². The maximum absolute atomic E-state index is 5.94. The summed E-state index contributed by atoms with van der Waals surface area (Å²) in [5, 5.41) is 6.11.